The number of benzene rings is 1. The van der Waals surface area contributed by atoms with Crippen molar-refractivity contribution in [3.63, 3.8) is 0 Å². The number of hydrogen-bond donors (Lipinski definition) is 1. The lowest BCUT2D eigenvalue weighted by atomic mass is 10.0. The molecule has 0 saturated heterocycles. The molecule has 0 heterocycles. The van der Waals surface area contributed by atoms with Gasteiger partial charge in [0.2, 0.25) is 0 Å². The molecular weight excluding hydrogens is 220 g/mol. The SMILES string of the molecule is Cc1cc(C#N)ccc1CNCCC1CCCC1. The molecular formula is C16H22N2. The van der Waals surface area contributed by atoms with E-state index < -0.39 is 0 Å². The molecule has 1 fully saturated rings. The maximum atomic E-state index is 8.82. The van der Waals surface area contributed by atoms with Gasteiger partial charge in [-0.05, 0) is 49.1 Å². The lowest BCUT2D eigenvalue weighted by Crippen LogP contribution is -2.17. The topological polar surface area (TPSA) is 35.8 Å². The molecule has 2 heteroatoms. The Labute approximate surface area is 110 Å². The Morgan fingerprint density at radius 3 is 2.78 bits per heavy atom. The predicted octanol–water partition coefficient (Wildman–Crippen LogP) is 3.54. The molecule has 1 aliphatic carbocycles. The number of nitrogens with one attached hydrogen (secondary N) is 1. The van der Waals surface area contributed by atoms with Crippen LogP contribution in [0.4, 0.5) is 0 Å². The second-order valence-corrected chi connectivity index (χ2v) is 5.37. The summed E-state index contributed by atoms with van der Waals surface area (Å²) in [4.78, 5) is 0. The van der Waals surface area contributed by atoms with Crippen LogP contribution in [0.15, 0.2) is 18.2 Å². The van der Waals surface area contributed by atoms with E-state index in [0.717, 1.165) is 24.6 Å². The highest BCUT2D eigenvalue weighted by Crippen LogP contribution is 2.26. The quantitative estimate of drug-likeness (QED) is 0.802. The van der Waals surface area contributed by atoms with Crippen molar-refractivity contribution in [3.05, 3.63) is 34.9 Å². The molecule has 1 aliphatic rings. The molecule has 0 radical (unpaired) electrons. The Morgan fingerprint density at radius 2 is 2.11 bits per heavy atom. The van der Waals surface area contributed by atoms with E-state index in [4.69, 9.17) is 5.26 Å². The van der Waals surface area contributed by atoms with Crippen molar-refractivity contribution in [2.24, 2.45) is 5.92 Å². The van der Waals surface area contributed by atoms with E-state index in [0.29, 0.717) is 0 Å². The van der Waals surface area contributed by atoms with E-state index in [2.05, 4.69) is 24.4 Å². The van der Waals surface area contributed by atoms with Crippen LogP contribution in [0.2, 0.25) is 0 Å². The fourth-order valence-corrected chi connectivity index (χ4v) is 2.79. The maximum Gasteiger partial charge on any atom is 0.0991 e. The van der Waals surface area contributed by atoms with Crippen LogP contribution >= 0.6 is 0 Å². The summed E-state index contributed by atoms with van der Waals surface area (Å²) in [6.45, 7) is 4.11. The largest absolute Gasteiger partial charge is 0.313 e. The highest BCUT2D eigenvalue weighted by Gasteiger charge is 2.13. The molecule has 1 aromatic rings. The van der Waals surface area contributed by atoms with E-state index >= 15 is 0 Å². The van der Waals surface area contributed by atoms with Crippen molar-refractivity contribution in [1.82, 2.24) is 5.32 Å². The summed E-state index contributed by atoms with van der Waals surface area (Å²) in [6, 6.07) is 8.11. The van der Waals surface area contributed by atoms with Gasteiger partial charge in [0.15, 0.2) is 0 Å². The third-order valence-corrected chi connectivity index (χ3v) is 3.99. The van der Waals surface area contributed by atoms with Gasteiger partial charge in [-0.1, -0.05) is 31.7 Å². The zero-order valence-corrected chi connectivity index (χ0v) is 11.2. The Kier molecular flexibility index (Phi) is 4.78. The van der Waals surface area contributed by atoms with Crippen LogP contribution in [-0.4, -0.2) is 6.54 Å². The van der Waals surface area contributed by atoms with Crippen molar-refractivity contribution in [1.29, 1.82) is 5.26 Å². The van der Waals surface area contributed by atoms with Crippen LogP contribution in [0.5, 0.6) is 0 Å². The minimum absolute atomic E-state index is 0.752. The van der Waals surface area contributed by atoms with Crippen molar-refractivity contribution in [3.8, 4) is 6.07 Å². The zero-order valence-electron chi connectivity index (χ0n) is 11.2. The summed E-state index contributed by atoms with van der Waals surface area (Å²) in [5.74, 6) is 0.958. The summed E-state index contributed by atoms with van der Waals surface area (Å²) in [7, 11) is 0. The summed E-state index contributed by atoms with van der Waals surface area (Å²) >= 11 is 0. The van der Waals surface area contributed by atoms with Crippen molar-refractivity contribution >= 4 is 0 Å². The molecule has 1 N–H and O–H groups in total. The highest BCUT2D eigenvalue weighted by atomic mass is 14.8. The molecule has 0 spiro atoms. The normalized spacial score (nSPS) is 15.8. The van der Waals surface area contributed by atoms with E-state index in [9.17, 15) is 0 Å². The molecule has 0 bridgehead atoms. The summed E-state index contributed by atoms with van der Waals surface area (Å²) < 4.78 is 0. The highest BCUT2D eigenvalue weighted by molar-refractivity contribution is 5.37. The van der Waals surface area contributed by atoms with Crippen molar-refractivity contribution in [2.75, 3.05) is 6.54 Å². The Morgan fingerprint density at radius 1 is 1.33 bits per heavy atom. The molecule has 2 nitrogen and oxygen atoms in total. The van der Waals surface area contributed by atoms with Gasteiger partial charge in [-0.15, -0.1) is 0 Å². The number of aryl methyl sites for hydroxylation is 1. The van der Waals surface area contributed by atoms with Gasteiger partial charge >= 0.3 is 0 Å². The van der Waals surface area contributed by atoms with Crippen LogP contribution in [0, 0.1) is 24.2 Å². The number of nitriles is 1. The minimum Gasteiger partial charge on any atom is -0.313 e. The number of nitrogens with zero attached hydrogens (tertiary/aromatic N) is 1. The van der Waals surface area contributed by atoms with Gasteiger partial charge in [-0.2, -0.15) is 5.26 Å². The van der Waals surface area contributed by atoms with Gasteiger partial charge in [0, 0.05) is 6.54 Å². The average Bonchev–Trinajstić information content (AvgIpc) is 2.89. The smallest absolute Gasteiger partial charge is 0.0991 e. The second-order valence-electron chi connectivity index (χ2n) is 5.37. The van der Waals surface area contributed by atoms with Gasteiger partial charge in [-0.3, -0.25) is 0 Å². The fraction of sp³-hybridized carbons (Fsp3) is 0.562. The van der Waals surface area contributed by atoms with Crippen LogP contribution in [0.25, 0.3) is 0 Å². The predicted molar refractivity (Wildman–Crippen MR) is 74.2 cm³/mol. The molecule has 18 heavy (non-hydrogen) atoms. The lowest BCUT2D eigenvalue weighted by molar-refractivity contribution is 0.477. The molecule has 1 saturated carbocycles. The lowest BCUT2D eigenvalue weighted by Gasteiger charge is -2.11. The number of hydrogen-bond acceptors (Lipinski definition) is 2. The van der Waals surface area contributed by atoms with Gasteiger partial charge < -0.3 is 5.32 Å². The van der Waals surface area contributed by atoms with Crippen LogP contribution in [0.1, 0.15) is 48.8 Å². The third-order valence-electron chi connectivity index (χ3n) is 3.99. The number of rotatable bonds is 5. The van der Waals surface area contributed by atoms with Gasteiger partial charge in [0.1, 0.15) is 0 Å². The monoisotopic (exact) mass is 242 g/mol. The third kappa shape index (κ3) is 3.58. The molecule has 2 rings (SSSR count). The first-order chi connectivity index (χ1) is 8.79. The van der Waals surface area contributed by atoms with Gasteiger partial charge in [0.25, 0.3) is 0 Å². The second kappa shape index (κ2) is 6.56. The maximum absolute atomic E-state index is 8.82. The molecule has 0 aromatic heterocycles. The van der Waals surface area contributed by atoms with Gasteiger partial charge in [0.05, 0.1) is 11.6 Å². The standard InChI is InChI=1S/C16H22N2/c1-13-10-15(11-17)6-7-16(13)12-18-9-8-14-4-2-3-5-14/h6-7,10,14,18H,2-5,8-9,12H2,1H3. The van der Waals surface area contributed by atoms with E-state index in [-0.39, 0.29) is 0 Å². The molecule has 1 aromatic carbocycles. The van der Waals surface area contributed by atoms with E-state index in [1.807, 2.05) is 12.1 Å². The average molecular weight is 242 g/mol. The molecule has 96 valence electrons. The van der Waals surface area contributed by atoms with Crippen LogP contribution < -0.4 is 5.32 Å². The summed E-state index contributed by atoms with van der Waals surface area (Å²) in [5.41, 5.74) is 3.27. The molecule has 0 aliphatic heterocycles. The van der Waals surface area contributed by atoms with Crippen LogP contribution in [0.3, 0.4) is 0 Å². The van der Waals surface area contributed by atoms with Crippen molar-refractivity contribution in [2.45, 2.75) is 45.6 Å². The molecule has 0 unspecified atom stereocenters. The first-order valence-corrected chi connectivity index (χ1v) is 7.00. The van der Waals surface area contributed by atoms with E-state index in [1.165, 1.54) is 43.2 Å². The Balaban J connectivity index is 1.74. The first-order valence-electron chi connectivity index (χ1n) is 7.00. The molecule has 0 amide bonds. The Hall–Kier alpha value is -1.33. The van der Waals surface area contributed by atoms with Crippen LogP contribution in [-0.2, 0) is 6.54 Å². The van der Waals surface area contributed by atoms with Gasteiger partial charge in [-0.25, -0.2) is 0 Å². The van der Waals surface area contributed by atoms with E-state index in [1.54, 1.807) is 0 Å². The zero-order chi connectivity index (χ0) is 12.8. The summed E-state index contributed by atoms with van der Waals surface area (Å²) in [6.07, 6.45) is 7.03. The fourth-order valence-electron chi connectivity index (χ4n) is 2.79. The minimum atomic E-state index is 0.752. The Bertz CT molecular complexity index is 425. The first kappa shape index (κ1) is 13.1. The summed E-state index contributed by atoms with van der Waals surface area (Å²) in [5, 5.41) is 12.3. The van der Waals surface area contributed by atoms with Crippen molar-refractivity contribution < 1.29 is 0 Å². The molecule has 0 atom stereocenters.